The molecule has 0 aliphatic rings. The smallest absolute Gasteiger partial charge is 0.330 e. The molecule has 0 aliphatic heterocycles. The van der Waals surface area contributed by atoms with Crippen LogP contribution >= 0.6 is 0 Å². The topological polar surface area (TPSA) is 82.5 Å². The van der Waals surface area contributed by atoms with Gasteiger partial charge in [0.15, 0.2) is 0 Å². The monoisotopic (exact) mass is 419 g/mol. The highest BCUT2D eigenvalue weighted by atomic mass is 16.5. The Bertz CT molecular complexity index is 1010. The van der Waals surface area contributed by atoms with Gasteiger partial charge in [-0.15, -0.1) is 0 Å². The molecule has 7 nitrogen and oxygen atoms in total. The SMILES string of the molecule is CCOC(=O)/C=C/c1ccc(Cn2cccn2)cc1OCCNC(=O)c1ccccc1. The minimum atomic E-state index is -0.413. The summed E-state index contributed by atoms with van der Waals surface area (Å²) in [5.74, 6) is 0.0439. The van der Waals surface area contributed by atoms with Crippen LogP contribution in [0.3, 0.4) is 0 Å². The van der Waals surface area contributed by atoms with Crippen molar-refractivity contribution in [3.63, 3.8) is 0 Å². The normalized spacial score (nSPS) is 10.7. The molecule has 0 bridgehead atoms. The van der Waals surface area contributed by atoms with E-state index in [1.807, 2.05) is 53.3 Å². The molecule has 0 saturated carbocycles. The molecule has 3 aromatic rings. The molecule has 1 heterocycles. The predicted molar refractivity (Wildman–Crippen MR) is 118 cm³/mol. The van der Waals surface area contributed by atoms with E-state index < -0.39 is 5.97 Å². The second-order valence-corrected chi connectivity index (χ2v) is 6.63. The highest BCUT2D eigenvalue weighted by Crippen LogP contribution is 2.23. The van der Waals surface area contributed by atoms with Gasteiger partial charge < -0.3 is 14.8 Å². The number of amides is 1. The van der Waals surface area contributed by atoms with Crippen molar-refractivity contribution >= 4 is 18.0 Å². The Hall–Kier alpha value is -3.87. The van der Waals surface area contributed by atoms with Crippen molar-refractivity contribution in [3.05, 3.63) is 89.8 Å². The van der Waals surface area contributed by atoms with Gasteiger partial charge in [-0.25, -0.2) is 4.79 Å². The third-order valence-corrected chi connectivity index (χ3v) is 4.35. The quantitative estimate of drug-likeness (QED) is 0.310. The number of rotatable bonds is 10. The summed E-state index contributed by atoms with van der Waals surface area (Å²) in [4.78, 5) is 23.8. The third-order valence-electron chi connectivity index (χ3n) is 4.35. The van der Waals surface area contributed by atoms with Gasteiger partial charge in [0.1, 0.15) is 12.4 Å². The first-order valence-electron chi connectivity index (χ1n) is 10.1. The minimum absolute atomic E-state index is 0.154. The molecule has 0 unspecified atom stereocenters. The van der Waals surface area contributed by atoms with Crippen LogP contribution < -0.4 is 10.1 Å². The number of hydrogen-bond donors (Lipinski definition) is 1. The number of hydrogen-bond acceptors (Lipinski definition) is 5. The summed E-state index contributed by atoms with van der Waals surface area (Å²) in [5.41, 5.74) is 2.34. The van der Waals surface area contributed by atoms with Crippen LogP contribution in [0.15, 0.2) is 73.1 Å². The van der Waals surface area contributed by atoms with Gasteiger partial charge in [0.25, 0.3) is 5.91 Å². The van der Waals surface area contributed by atoms with Crippen LogP contribution in [-0.2, 0) is 16.1 Å². The van der Waals surface area contributed by atoms with Gasteiger partial charge in [-0.1, -0.05) is 30.3 Å². The molecule has 0 atom stereocenters. The molecule has 160 valence electrons. The highest BCUT2D eigenvalue weighted by molar-refractivity contribution is 5.94. The number of esters is 1. The van der Waals surface area contributed by atoms with Crippen LogP contribution in [0.25, 0.3) is 6.08 Å². The largest absolute Gasteiger partial charge is 0.491 e. The first-order valence-corrected chi connectivity index (χ1v) is 10.1. The predicted octanol–water partition coefficient (Wildman–Crippen LogP) is 3.32. The Morgan fingerprint density at radius 3 is 2.71 bits per heavy atom. The molecule has 0 saturated heterocycles. The maximum absolute atomic E-state index is 12.2. The van der Waals surface area contributed by atoms with Gasteiger partial charge in [0, 0.05) is 29.6 Å². The molecule has 0 fully saturated rings. The Balaban J connectivity index is 1.65. The van der Waals surface area contributed by atoms with Gasteiger partial charge >= 0.3 is 5.97 Å². The van der Waals surface area contributed by atoms with Gasteiger partial charge in [-0.3, -0.25) is 9.48 Å². The second kappa shape index (κ2) is 11.3. The molecule has 1 amide bonds. The third kappa shape index (κ3) is 6.85. The molecule has 0 aliphatic carbocycles. The molecule has 1 N–H and O–H groups in total. The van der Waals surface area contributed by atoms with E-state index in [-0.39, 0.29) is 12.5 Å². The number of carbonyl (C=O) groups is 2. The van der Waals surface area contributed by atoms with E-state index in [0.717, 1.165) is 11.1 Å². The van der Waals surface area contributed by atoms with E-state index in [9.17, 15) is 9.59 Å². The molecule has 0 spiro atoms. The van der Waals surface area contributed by atoms with Crippen LogP contribution in [0.5, 0.6) is 5.75 Å². The van der Waals surface area contributed by atoms with Crippen molar-refractivity contribution < 1.29 is 19.1 Å². The zero-order valence-corrected chi connectivity index (χ0v) is 17.4. The number of carbonyl (C=O) groups excluding carboxylic acids is 2. The molecule has 0 radical (unpaired) electrons. The van der Waals surface area contributed by atoms with Gasteiger partial charge in [0.05, 0.1) is 19.7 Å². The lowest BCUT2D eigenvalue weighted by atomic mass is 10.1. The van der Waals surface area contributed by atoms with Crippen LogP contribution in [0.1, 0.15) is 28.4 Å². The number of nitrogens with zero attached hydrogens (tertiary/aromatic N) is 2. The van der Waals surface area contributed by atoms with Crippen molar-refractivity contribution in [3.8, 4) is 5.75 Å². The highest BCUT2D eigenvalue weighted by Gasteiger charge is 2.07. The van der Waals surface area contributed by atoms with E-state index in [2.05, 4.69) is 10.4 Å². The zero-order chi connectivity index (χ0) is 21.9. The summed E-state index contributed by atoms with van der Waals surface area (Å²) in [6, 6.07) is 16.6. The second-order valence-electron chi connectivity index (χ2n) is 6.63. The van der Waals surface area contributed by atoms with Gasteiger partial charge in [0.2, 0.25) is 0 Å². The number of ether oxygens (including phenoxy) is 2. The van der Waals surface area contributed by atoms with Crippen LogP contribution in [0, 0.1) is 0 Å². The fraction of sp³-hybridized carbons (Fsp3) is 0.208. The lowest BCUT2D eigenvalue weighted by Gasteiger charge is -2.12. The van der Waals surface area contributed by atoms with Gasteiger partial charge in [-0.2, -0.15) is 5.10 Å². The van der Waals surface area contributed by atoms with Crippen molar-refractivity contribution in [2.45, 2.75) is 13.5 Å². The molecule has 2 aromatic carbocycles. The van der Waals surface area contributed by atoms with Gasteiger partial charge in [-0.05, 0) is 42.8 Å². The Morgan fingerprint density at radius 1 is 1.13 bits per heavy atom. The lowest BCUT2D eigenvalue weighted by Crippen LogP contribution is -2.28. The van der Waals surface area contributed by atoms with Crippen molar-refractivity contribution in [2.24, 2.45) is 0 Å². The number of benzene rings is 2. The summed E-state index contributed by atoms with van der Waals surface area (Å²) >= 11 is 0. The molecule has 7 heteroatoms. The Labute approximate surface area is 181 Å². The summed E-state index contributed by atoms with van der Waals surface area (Å²) in [6.45, 7) is 3.29. The fourth-order valence-electron chi connectivity index (χ4n) is 2.89. The summed E-state index contributed by atoms with van der Waals surface area (Å²) in [6.07, 6.45) is 6.64. The summed E-state index contributed by atoms with van der Waals surface area (Å²) < 4.78 is 12.7. The van der Waals surface area contributed by atoms with Crippen LogP contribution in [-0.4, -0.2) is 41.4 Å². The lowest BCUT2D eigenvalue weighted by molar-refractivity contribution is -0.137. The summed E-state index contributed by atoms with van der Waals surface area (Å²) in [7, 11) is 0. The van der Waals surface area contributed by atoms with E-state index in [1.54, 1.807) is 31.3 Å². The Kier molecular flexibility index (Phi) is 7.99. The van der Waals surface area contributed by atoms with Crippen molar-refractivity contribution in [1.82, 2.24) is 15.1 Å². The van der Waals surface area contributed by atoms with E-state index in [0.29, 0.717) is 31.0 Å². The first-order chi connectivity index (χ1) is 15.2. The van der Waals surface area contributed by atoms with E-state index in [1.165, 1.54) is 6.08 Å². The first kappa shape index (κ1) is 21.8. The molecule has 3 rings (SSSR count). The molecular weight excluding hydrogens is 394 g/mol. The van der Waals surface area contributed by atoms with E-state index in [4.69, 9.17) is 9.47 Å². The van der Waals surface area contributed by atoms with Crippen LogP contribution in [0.2, 0.25) is 0 Å². The standard InChI is InChI=1S/C24H25N3O4/c1-2-30-23(28)12-11-20-10-9-19(18-27-15-6-13-26-27)17-22(20)31-16-14-25-24(29)21-7-4-3-5-8-21/h3-13,15,17H,2,14,16,18H2,1H3,(H,25,29)/b12-11+. The maximum Gasteiger partial charge on any atom is 0.330 e. The van der Waals surface area contributed by atoms with Crippen molar-refractivity contribution in [2.75, 3.05) is 19.8 Å². The Morgan fingerprint density at radius 2 is 1.97 bits per heavy atom. The maximum atomic E-state index is 12.2. The number of nitrogens with one attached hydrogen (secondary N) is 1. The van der Waals surface area contributed by atoms with Crippen LogP contribution in [0.4, 0.5) is 0 Å². The van der Waals surface area contributed by atoms with E-state index >= 15 is 0 Å². The zero-order valence-electron chi connectivity index (χ0n) is 17.4. The summed E-state index contributed by atoms with van der Waals surface area (Å²) in [5, 5.41) is 7.06. The minimum Gasteiger partial charge on any atom is -0.491 e. The van der Waals surface area contributed by atoms with Crippen molar-refractivity contribution in [1.29, 1.82) is 0 Å². The average Bonchev–Trinajstić information content (AvgIpc) is 3.30. The molecule has 1 aromatic heterocycles. The molecule has 31 heavy (non-hydrogen) atoms. The fourth-order valence-corrected chi connectivity index (χ4v) is 2.89. The molecular formula is C24H25N3O4. The average molecular weight is 419 g/mol. The number of aromatic nitrogens is 2.